The monoisotopic (exact) mass is 347 g/mol. The fourth-order valence-electron chi connectivity index (χ4n) is 1.53. The number of hydrogen-bond donors (Lipinski definition) is 2. The van der Waals surface area contributed by atoms with Gasteiger partial charge in [-0.05, 0) is 28.8 Å². The fourth-order valence-corrected chi connectivity index (χ4v) is 1.85. The molecule has 1 heterocycles. The number of nitrogens with zero attached hydrogens (tertiary/aromatic N) is 2. The maximum atomic E-state index is 11.1. The van der Waals surface area contributed by atoms with Gasteiger partial charge in [-0.15, -0.1) is 0 Å². The van der Waals surface area contributed by atoms with E-state index in [2.05, 4.69) is 26.2 Å². The van der Waals surface area contributed by atoms with Gasteiger partial charge in [0.15, 0.2) is 0 Å². The Morgan fingerprint density at radius 3 is 2.95 bits per heavy atom. The van der Waals surface area contributed by atoms with E-state index in [1.807, 2.05) is 0 Å². The van der Waals surface area contributed by atoms with Crippen molar-refractivity contribution in [1.82, 2.24) is 4.98 Å². The summed E-state index contributed by atoms with van der Waals surface area (Å²) < 4.78 is 5.29. The smallest absolute Gasteiger partial charge is 0.326 e. The van der Waals surface area contributed by atoms with Gasteiger partial charge in [-0.1, -0.05) is 0 Å². The predicted octanol–water partition coefficient (Wildman–Crippen LogP) is 2.04. The van der Waals surface area contributed by atoms with Crippen LogP contribution in [0.3, 0.4) is 0 Å². The molecule has 9 heteroatoms. The molecule has 0 saturated heterocycles. The van der Waals surface area contributed by atoms with Crippen molar-refractivity contribution in [2.24, 2.45) is 0 Å². The van der Waals surface area contributed by atoms with Crippen LogP contribution in [-0.2, 0) is 9.53 Å². The zero-order chi connectivity index (χ0) is 15.1. The molecule has 110 valence electrons. The minimum absolute atomic E-state index is 0.0667. The summed E-state index contributed by atoms with van der Waals surface area (Å²) in [4.78, 5) is 25.3. The second kappa shape index (κ2) is 7.75. The molecule has 0 aliphatic heterocycles. The third kappa shape index (κ3) is 4.74. The Kier molecular flexibility index (Phi) is 6.32. The van der Waals surface area contributed by atoms with Crippen LogP contribution in [0.25, 0.3) is 0 Å². The molecular weight excluding hydrogens is 334 g/mol. The van der Waals surface area contributed by atoms with Gasteiger partial charge in [-0.2, -0.15) is 0 Å². The summed E-state index contributed by atoms with van der Waals surface area (Å²) in [6, 6.07) is 0.307. The standard InChI is InChI=1S/C11H14BrN3O5/c1-20-4-2-3-8(11(16)17)14-10-9(15(18)19)5-7(12)6-13-10/h5-6,8H,2-4H2,1H3,(H,13,14)(H,16,17). The highest BCUT2D eigenvalue weighted by molar-refractivity contribution is 9.10. The number of carboxylic acid groups (broad SMARTS) is 1. The lowest BCUT2D eigenvalue weighted by atomic mass is 10.1. The van der Waals surface area contributed by atoms with Crippen LogP contribution in [0.1, 0.15) is 12.8 Å². The van der Waals surface area contributed by atoms with Crippen molar-refractivity contribution in [3.63, 3.8) is 0 Å². The number of carbonyl (C=O) groups is 1. The lowest BCUT2D eigenvalue weighted by molar-refractivity contribution is -0.384. The number of halogens is 1. The van der Waals surface area contributed by atoms with E-state index in [9.17, 15) is 14.9 Å². The average molecular weight is 348 g/mol. The summed E-state index contributed by atoms with van der Waals surface area (Å²) in [7, 11) is 1.52. The van der Waals surface area contributed by atoms with Crippen LogP contribution in [0.15, 0.2) is 16.7 Å². The van der Waals surface area contributed by atoms with Crippen LogP contribution in [0.5, 0.6) is 0 Å². The van der Waals surface area contributed by atoms with Crippen molar-refractivity contribution in [3.05, 3.63) is 26.9 Å². The Morgan fingerprint density at radius 1 is 1.70 bits per heavy atom. The molecule has 0 aliphatic carbocycles. The average Bonchev–Trinajstić information content (AvgIpc) is 2.39. The molecule has 0 radical (unpaired) electrons. The molecule has 8 nitrogen and oxygen atoms in total. The van der Waals surface area contributed by atoms with E-state index in [0.717, 1.165) is 0 Å². The van der Waals surface area contributed by atoms with Gasteiger partial charge in [-0.25, -0.2) is 9.78 Å². The molecule has 0 saturated carbocycles. The number of aromatic nitrogens is 1. The van der Waals surface area contributed by atoms with Crippen LogP contribution in [0, 0.1) is 10.1 Å². The number of methoxy groups -OCH3 is 1. The van der Waals surface area contributed by atoms with Crippen LogP contribution in [0.4, 0.5) is 11.5 Å². The zero-order valence-electron chi connectivity index (χ0n) is 10.7. The van der Waals surface area contributed by atoms with E-state index < -0.39 is 16.9 Å². The molecule has 0 spiro atoms. The van der Waals surface area contributed by atoms with Crippen LogP contribution < -0.4 is 5.32 Å². The second-order valence-corrected chi connectivity index (χ2v) is 4.86. The third-order valence-corrected chi connectivity index (χ3v) is 2.91. The molecule has 20 heavy (non-hydrogen) atoms. The van der Waals surface area contributed by atoms with Gasteiger partial charge in [0.05, 0.1) is 4.92 Å². The molecule has 0 fully saturated rings. The first-order chi connectivity index (χ1) is 9.45. The minimum Gasteiger partial charge on any atom is -0.480 e. The number of anilines is 1. The first kappa shape index (κ1) is 16.3. The summed E-state index contributed by atoms with van der Waals surface area (Å²) >= 11 is 3.08. The van der Waals surface area contributed by atoms with Crippen LogP contribution in [-0.4, -0.2) is 40.7 Å². The number of ether oxygens (including phenoxy) is 1. The number of rotatable bonds is 8. The Morgan fingerprint density at radius 2 is 2.40 bits per heavy atom. The predicted molar refractivity (Wildman–Crippen MR) is 74.7 cm³/mol. The molecule has 0 aromatic carbocycles. The first-order valence-electron chi connectivity index (χ1n) is 5.74. The quantitative estimate of drug-likeness (QED) is 0.420. The first-order valence-corrected chi connectivity index (χ1v) is 6.53. The normalized spacial score (nSPS) is 11.9. The highest BCUT2D eigenvalue weighted by atomic mass is 79.9. The van der Waals surface area contributed by atoms with Crippen LogP contribution >= 0.6 is 15.9 Å². The van der Waals surface area contributed by atoms with E-state index in [-0.39, 0.29) is 17.9 Å². The molecule has 2 N–H and O–H groups in total. The topological polar surface area (TPSA) is 115 Å². The maximum absolute atomic E-state index is 11.1. The highest BCUT2D eigenvalue weighted by Crippen LogP contribution is 2.26. The molecule has 1 unspecified atom stereocenters. The number of nitro groups is 1. The summed E-state index contributed by atoms with van der Waals surface area (Å²) in [6.45, 7) is 0.418. The Hall–Kier alpha value is -1.74. The number of carboxylic acids is 1. The SMILES string of the molecule is COCCCC(Nc1ncc(Br)cc1[N+](=O)[O-])C(=O)O. The molecule has 1 aromatic heterocycles. The van der Waals surface area contributed by atoms with E-state index in [4.69, 9.17) is 9.84 Å². The van der Waals surface area contributed by atoms with Crippen LogP contribution in [0.2, 0.25) is 0 Å². The van der Waals surface area contributed by atoms with Crippen molar-refractivity contribution in [1.29, 1.82) is 0 Å². The lowest BCUT2D eigenvalue weighted by Crippen LogP contribution is -2.30. The molecule has 0 bridgehead atoms. The van der Waals surface area contributed by atoms with Gasteiger partial charge in [0.25, 0.3) is 0 Å². The number of hydrogen-bond acceptors (Lipinski definition) is 6. The number of nitrogens with one attached hydrogen (secondary N) is 1. The van der Waals surface area contributed by atoms with Crippen molar-refractivity contribution >= 4 is 33.4 Å². The number of pyridine rings is 1. The van der Waals surface area contributed by atoms with Gasteiger partial charge >= 0.3 is 11.7 Å². The second-order valence-electron chi connectivity index (χ2n) is 3.95. The zero-order valence-corrected chi connectivity index (χ0v) is 12.3. The van der Waals surface area contributed by atoms with Gasteiger partial charge < -0.3 is 15.2 Å². The summed E-state index contributed by atoms with van der Waals surface area (Å²) in [5.41, 5.74) is -0.280. The Balaban J connectivity index is 2.87. The lowest BCUT2D eigenvalue weighted by Gasteiger charge is -2.14. The summed E-state index contributed by atoms with van der Waals surface area (Å²) in [5.74, 6) is -1.16. The van der Waals surface area contributed by atoms with Gasteiger partial charge in [0.2, 0.25) is 5.82 Å². The molecular formula is C11H14BrN3O5. The molecule has 1 atom stereocenters. The molecule has 1 aromatic rings. The van der Waals surface area contributed by atoms with E-state index in [1.54, 1.807) is 0 Å². The summed E-state index contributed by atoms with van der Waals surface area (Å²) in [5, 5.41) is 22.6. The van der Waals surface area contributed by atoms with Crippen molar-refractivity contribution in [3.8, 4) is 0 Å². The van der Waals surface area contributed by atoms with E-state index in [0.29, 0.717) is 17.5 Å². The van der Waals surface area contributed by atoms with Crippen molar-refractivity contribution in [2.45, 2.75) is 18.9 Å². The molecule has 1 rings (SSSR count). The van der Waals surface area contributed by atoms with E-state index >= 15 is 0 Å². The van der Waals surface area contributed by atoms with Crippen molar-refractivity contribution < 1.29 is 19.6 Å². The highest BCUT2D eigenvalue weighted by Gasteiger charge is 2.23. The Labute approximate surface area is 123 Å². The van der Waals surface area contributed by atoms with Gasteiger partial charge in [0.1, 0.15) is 6.04 Å². The number of aliphatic carboxylic acids is 1. The molecule has 0 amide bonds. The fraction of sp³-hybridized carbons (Fsp3) is 0.455. The van der Waals surface area contributed by atoms with Crippen molar-refractivity contribution in [2.75, 3.05) is 19.0 Å². The van der Waals surface area contributed by atoms with E-state index in [1.165, 1.54) is 19.4 Å². The minimum atomic E-state index is -1.10. The summed E-state index contributed by atoms with van der Waals surface area (Å²) in [6.07, 6.45) is 2.16. The Bertz CT molecular complexity index is 497. The van der Waals surface area contributed by atoms with Gasteiger partial charge in [0, 0.05) is 30.5 Å². The van der Waals surface area contributed by atoms with Gasteiger partial charge in [-0.3, -0.25) is 10.1 Å². The largest absolute Gasteiger partial charge is 0.480 e. The third-order valence-electron chi connectivity index (χ3n) is 2.48. The molecule has 0 aliphatic rings. The maximum Gasteiger partial charge on any atom is 0.326 e.